The normalized spacial score (nSPS) is 22.2. The van der Waals surface area contributed by atoms with Gasteiger partial charge in [0, 0.05) is 32.9 Å². The monoisotopic (exact) mass is 275 g/mol. The topological polar surface area (TPSA) is 90.2 Å². The zero-order valence-corrected chi connectivity index (χ0v) is 11.3. The van der Waals surface area contributed by atoms with Crippen LogP contribution in [0.2, 0.25) is 0 Å². The molecule has 0 spiro atoms. The van der Waals surface area contributed by atoms with Crippen LogP contribution in [0.3, 0.4) is 0 Å². The number of rotatable bonds is 4. The van der Waals surface area contributed by atoms with Crippen LogP contribution in [0.4, 0.5) is 0 Å². The Hall–Kier alpha value is -1.06. The Bertz CT molecular complexity index is 500. The van der Waals surface area contributed by atoms with Crippen LogP contribution < -0.4 is 0 Å². The Balaban J connectivity index is 1.95. The SMILES string of the molecule is Cn1nnnc1C1CN(CCS(C)(=O)=O)CCO1. The summed E-state index contributed by atoms with van der Waals surface area (Å²) in [5.41, 5.74) is 0. The molecule has 1 aromatic heterocycles. The van der Waals surface area contributed by atoms with E-state index < -0.39 is 9.84 Å². The van der Waals surface area contributed by atoms with E-state index in [2.05, 4.69) is 20.4 Å². The molecule has 1 aliphatic rings. The quantitative estimate of drug-likeness (QED) is 0.669. The van der Waals surface area contributed by atoms with Crippen LogP contribution >= 0.6 is 0 Å². The summed E-state index contributed by atoms with van der Waals surface area (Å²) in [6, 6.07) is 0. The van der Waals surface area contributed by atoms with Crippen LogP contribution in [0.25, 0.3) is 0 Å². The van der Waals surface area contributed by atoms with Gasteiger partial charge in [-0.05, 0) is 10.4 Å². The zero-order chi connectivity index (χ0) is 13.2. The van der Waals surface area contributed by atoms with E-state index in [9.17, 15) is 8.42 Å². The Morgan fingerprint density at radius 2 is 2.28 bits per heavy atom. The van der Waals surface area contributed by atoms with Crippen molar-refractivity contribution in [3.63, 3.8) is 0 Å². The van der Waals surface area contributed by atoms with Crippen LogP contribution in [0.1, 0.15) is 11.9 Å². The summed E-state index contributed by atoms with van der Waals surface area (Å²) >= 11 is 0. The summed E-state index contributed by atoms with van der Waals surface area (Å²) in [4.78, 5) is 2.06. The van der Waals surface area contributed by atoms with Crippen LogP contribution in [-0.4, -0.2) is 71.8 Å². The van der Waals surface area contributed by atoms with E-state index in [1.54, 1.807) is 11.7 Å². The second-order valence-electron chi connectivity index (χ2n) is 4.45. The van der Waals surface area contributed by atoms with E-state index in [0.717, 1.165) is 6.54 Å². The molecule has 102 valence electrons. The zero-order valence-electron chi connectivity index (χ0n) is 10.5. The van der Waals surface area contributed by atoms with Gasteiger partial charge in [-0.25, -0.2) is 13.1 Å². The molecule has 2 heterocycles. The van der Waals surface area contributed by atoms with E-state index in [1.165, 1.54) is 6.26 Å². The van der Waals surface area contributed by atoms with E-state index >= 15 is 0 Å². The van der Waals surface area contributed by atoms with E-state index in [0.29, 0.717) is 25.5 Å². The number of aromatic nitrogens is 4. The van der Waals surface area contributed by atoms with Crippen LogP contribution in [0.15, 0.2) is 0 Å². The van der Waals surface area contributed by atoms with Crippen LogP contribution in [0.5, 0.6) is 0 Å². The minimum atomic E-state index is -2.93. The van der Waals surface area contributed by atoms with E-state index in [1.807, 2.05) is 0 Å². The largest absolute Gasteiger partial charge is 0.367 e. The first kappa shape index (κ1) is 13.4. The van der Waals surface area contributed by atoms with Crippen molar-refractivity contribution in [2.75, 3.05) is 38.2 Å². The van der Waals surface area contributed by atoms with Gasteiger partial charge in [0.05, 0.1) is 12.4 Å². The Morgan fingerprint density at radius 3 is 2.89 bits per heavy atom. The fraction of sp³-hybridized carbons (Fsp3) is 0.889. The lowest BCUT2D eigenvalue weighted by atomic mass is 10.2. The highest BCUT2D eigenvalue weighted by Crippen LogP contribution is 2.18. The molecule has 2 rings (SSSR count). The maximum Gasteiger partial charge on any atom is 0.181 e. The summed E-state index contributed by atoms with van der Waals surface area (Å²) in [7, 11) is -1.17. The molecule has 0 radical (unpaired) electrons. The molecule has 0 aromatic carbocycles. The van der Waals surface area contributed by atoms with Crippen molar-refractivity contribution in [3.8, 4) is 0 Å². The highest BCUT2D eigenvalue weighted by molar-refractivity contribution is 7.90. The number of nitrogens with zero attached hydrogens (tertiary/aromatic N) is 5. The maximum atomic E-state index is 11.1. The molecular weight excluding hydrogens is 258 g/mol. The fourth-order valence-corrected chi connectivity index (χ4v) is 2.46. The van der Waals surface area contributed by atoms with Gasteiger partial charge in [-0.1, -0.05) is 0 Å². The molecule has 8 nitrogen and oxygen atoms in total. The van der Waals surface area contributed by atoms with Crippen molar-refractivity contribution in [2.24, 2.45) is 7.05 Å². The molecule has 0 N–H and O–H groups in total. The fourth-order valence-electron chi connectivity index (χ4n) is 1.87. The first-order valence-corrected chi connectivity index (χ1v) is 7.76. The lowest BCUT2D eigenvalue weighted by molar-refractivity contribution is -0.0340. The van der Waals surface area contributed by atoms with Crippen molar-refractivity contribution in [1.82, 2.24) is 25.1 Å². The number of ether oxygens (including phenoxy) is 1. The van der Waals surface area contributed by atoms with Gasteiger partial charge in [0.1, 0.15) is 15.9 Å². The predicted molar refractivity (Wildman–Crippen MR) is 63.6 cm³/mol. The molecule has 0 bridgehead atoms. The number of hydrogen-bond acceptors (Lipinski definition) is 7. The third-order valence-corrected chi connectivity index (χ3v) is 3.79. The van der Waals surface area contributed by atoms with Crippen LogP contribution in [0, 0.1) is 0 Å². The average Bonchev–Trinajstić information content (AvgIpc) is 2.72. The molecule has 1 aromatic rings. The number of sulfone groups is 1. The molecule has 0 amide bonds. The standard InChI is InChI=1S/C9H17N5O3S/c1-13-9(10-11-12-13)8-7-14(3-5-17-8)4-6-18(2,15)16/h8H,3-7H2,1-2H3. The maximum absolute atomic E-state index is 11.1. The Kier molecular flexibility index (Phi) is 3.93. The Morgan fingerprint density at radius 1 is 1.50 bits per heavy atom. The molecule has 1 unspecified atom stereocenters. The van der Waals surface area contributed by atoms with Crippen molar-refractivity contribution in [2.45, 2.75) is 6.10 Å². The predicted octanol–water partition coefficient (Wildman–Crippen LogP) is -1.37. The molecule has 0 aliphatic carbocycles. The van der Waals surface area contributed by atoms with Gasteiger partial charge >= 0.3 is 0 Å². The van der Waals surface area contributed by atoms with Crippen molar-refractivity contribution < 1.29 is 13.2 Å². The summed E-state index contributed by atoms with van der Waals surface area (Å²) in [5.74, 6) is 0.829. The van der Waals surface area contributed by atoms with Gasteiger partial charge < -0.3 is 4.74 Å². The van der Waals surface area contributed by atoms with E-state index in [4.69, 9.17) is 4.74 Å². The minimum Gasteiger partial charge on any atom is -0.367 e. The third kappa shape index (κ3) is 3.47. The number of tetrazole rings is 1. The van der Waals surface area contributed by atoms with Crippen LogP contribution in [-0.2, 0) is 21.6 Å². The minimum absolute atomic E-state index is 0.163. The average molecular weight is 275 g/mol. The second-order valence-corrected chi connectivity index (χ2v) is 6.71. The highest BCUT2D eigenvalue weighted by atomic mass is 32.2. The number of morpholine rings is 1. The lowest BCUT2D eigenvalue weighted by Gasteiger charge is -2.31. The molecule has 1 saturated heterocycles. The van der Waals surface area contributed by atoms with Gasteiger partial charge in [-0.15, -0.1) is 5.10 Å². The second kappa shape index (κ2) is 5.29. The summed E-state index contributed by atoms with van der Waals surface area (Å²) in [5, 5.41) is 11.3. The first-order chi connectivity index (χ1) is 8.46. The molecular formula is C9H17N5O3S. The molecule has 1 aliphatic heterocycles. The van der Waals surface area contributed by atoms with Gasteiger partial charge in [-0.2, -0.15) is 0 Å². The van der Waals surface area contributed by atoms with Gasteiger partial charge in [0.2, 0.25) is 0 Å². The first-order valence-electron chi connectivity index (χ1n) is 5.69. The van der Waals surface area contributed by atoms with Crippen molar-refractivity contribution in [1.29, 1.82) is 0 Å². The third-order valence-electron chi connectivity index (χ3n) is 2.87. The summed E-state index contributed by atoms with van der Waals surface area (Å²) in [6.45, 7) is 2.42. The Labute approximate surface area is 106 Å². The summed E-state index contributed by atoms with van der Waals surface area (Å²) < 4.78 is 29.5. The molecule has 1 fully saturated rings. The summed E-state index contributed by atoms with van der Waals surface area (Å²) in [6.07, 6.45) is 1.05. The van der Waals surface area contributed by atoms with Crippen molar-refractivity contribution in [3.05, 3.63) is 5.82 Å². The smallest absolute Gasteiger partial charge is 0.181 e. The molecule has 9 heteroatoms. The lowest BCUT2D eigenvalue weighted by Crippen LogP contribution is -2.41. The molecule has 0 saturated carbocycles. The van der Waals surface area contributed by atoms with Crippen molar-refractivity contribution >= 4 is 9.84 Å². The highest BCUT2D eigenvalue weighted by Gasteiger charge is 2.26. The molecule has 1 atom stereocenters. The van der Waals surface area contributed by atoms with Gasteiger partial charge in [-0.3, -0.25) is 4.90 Å². The molecule has 18 heavy (non-hydrogen) atoms. The van der Waals surface area contributed by atoms with E-state index in [-0.39, 0.29) is 11.9 Å². The van der Waals surface area contributed by atoms with Gasteiger partial charge in [0.25, 0.3) is 0 Å². The number of aryl methyl sites for hydroxylation is 1. The van der Waals surface area contributed by atoms with Gasteiger partial charge in [0.15, 0.2) is 5.82 Å². The number of hydrogen-bond donors (Lipinski definition) is 0.